The topological polar surface area (TPSA) is 117 Å². The Kier molecular flexibility index (Phi) is 6.92. The molecule has 0 bridgehead atoms. The van der Waals surface area contributed by atoms with Crippen LogP contribution in [0.2, 0.25) is 0 Å². The smallest absolute Gasteiger partial charge is 0.243 e. The van der Waals surface area contributed by atoms with E-state index >= 15 is 0 Å². The van der Waals surface area contributed by atoms with Gasteiger partial charge in [0.25, 0.3) is 0 Å². The number of nitrogens with one attached hydrogen (secondary N) is 2. The van der Waals surface area contributed by atoms with Crippen molar-refractivity contribution in [1.82, 2.24) is 19.5 Å². The summed E-state index contributed by atoms with van der Waals surface area (Å²) in [6.07, 6.45) is 5.16. The van der Waals surface area contributed by atoms with Crippen molar-refractivity contribution in [2.24, 2.45) is 0 Å². The van der Waals surface area contributed by atoms with Gasteiger partial charge >= 0.3 is 0 Å². The van der Waals surface area contributed by atoms with Gasteiger partial charge in [0.1, 0.15) is 12.1 Å². The molecule has 0 unspecified atom stereocenters. The summed E-state index contributed by atoms with van der Waals surface area (Å²) in [7, 11) is -2.15. The molecule has 1 aromatic carbocycles. The standard InChI is InChI=1S/C17H23N5O4S2/c1-26-15-7-6-13(28(24,25)22-8-4-2-3-5-9-22)10-14(15)20-16(23)11-27-17-18-12-19-21-17/h6-7,10,12H,2-5,8-9,11H2,1H3,(H,20,23)(H,18,19,21). The van der Waals surface area contributed by atoms with Crippen LogP contribution in [0.4, 0.5) is 5.69 Å². The van der Waals surface area contributed by atoms with Crippen molar-refractivity contribution >= 4 is 33.4 Å². The molecule has 0 atom stereocenters. The molecule has 2 aromatic rings. The monoisotopic (exact) mass is 425 g/mol. The van der Waals surface area contributed by atoms with Crippen molar-refractivity contribution in [2.75, 3.05) is 31.3 Å². The number of methoxy groups -OCH3 is 1. The first-order chi connectivity index (χ1) is 13.5. The largest absolute Gasteiger partial charge is 0.495 e. The summed E-state index contributed by atoms with van der Waals surface area (Å²) in [5.41, 5.74) is 0.321. The molecule has 0 saturated carbocycles. The van der Waals surface area contributed by atoms with Gasteiger partial charge in [-0.25, -0.2) is 13.4 Å². The Labute approximate surface area is 168 Å². The van der Waals surface area contributed by atoms with Crippen LogP contribution in [0.15, 0.2) is 34.6 Å². The predicted octanol–water partition coefficient (Wildman–Crippen LogP) is 2.11. The van der Waals surface area contributed by atoms with Crippen LogP contribution in [-0.4, -0.2) is 59.8 Å². The van der Waals surface area contributed by atoms with Gasteiger partial charge < -0.3 is 10.1 Å². The summed E-state index contributed by atoms with van der Waals surface area (Å²) in [6, 6.07) is 4.53. The molecule has 1 aliphatic rings. The number of H-pyrrole nitrogens is 1. The highest BCUT2D eigenvalue weighted by Gasteiger charge is 2.26. The minimum Gasteiger partial charge on any atom is -0.495 e. The van der Waals surface area contributed by atoms with Gasteiger partial charge in [-0.3, -0.25) is 9.89 Å². The number of benzene rings is 1. The van der Waals surface area contributed by atoms with Crippen molar-refractivity contribution in [1.29, 1.82) is 0 Å². The van der Waals surface area contributed by atoms with Gasteiger partial charge in [0.2, 0.25) is 15.9 Å². The maximum atomic E-state index is 13.0. The molecule has 0 radical (unpaired) electrons. The third-order valence-electron chi connectivity index (χ3n) is 4.38. The quantitative estimate of drug-likeness (QED) is 0.652. The van der Waals surface area contributed by atoms with Crippen LogP contribution in [0.25, 0.3) is 0 Å². The first-order valence-corrected chi connectivity index (χ1v) is 11.4. The lowest BCUT2D eigenvalue weighted by Gasteiger charge is -2.21. The Morgan fingerprint density at radius 1 is 1.29 bits per heavy atom. The molecule has 1 amide bonds. The number of carbonyl (C=O) groups excluding carboxylic acids is 1. The SMILES string of the molecule is COc1ccc(S(=O)(=O)N2CCCCCC2)cc1NC(=O)CSc1ncn[nH]1. The summed E-state index contributed by atoms with van der Waals surface area (Å²) >= 11 is 1.19. The van der Waals surface area contributed by atoms with Crippen molar-refractivity contribution < 1.29 is 17.9 Å². The molecule has 0 spiro atoms. The first-order valence-electron chi connectivity index (χ1n) is 8.97. The number of hydrogen-bond acceptors (Lipinski definition) is 7. The highest BCUT2D eigenvalue weighted by Crippen LogP contribution is 2.30. The first kappa shape index (κ1) is 20.6. The zero-order valence-corrected chi connectivity index (χ0v) is 17.2. The summed E-state index contributed by atoms with van der Waals surface area (Å²) in [5, 5.41) is 9.63. The zero-order valence-electron chi connectivity index (χ0n) is 15.6. The van der Waals surface area contributed by atoms with E-state index in [1.807, 2.05) is 0 Å². The molecule has 3 rings (SSSR count). The fourth-order valence-corrected chi connectivity index (χ4v) is 5.08. The van der Waals surface area contributed by atoms with E-state index < -0.39 is 10.0 Å². The number of sulfonamides is 1. The van der Waals surface area contributed by atoms with Crippen LogP contribution in [0.1, 0.15) is 25.7 Å². The van der Waals surface area contributed by atoms with E-state index in [9.17, 15) is 13.2 Å². The minimum absolute atomic E-state index is 0.0987. The molecule has 9 nitrogen and oxygen atoms in total. The number of thioether (sulfide) groups is 1. The highest BCUT2D eigenvalue weighted by atomic mass is 32.2. The van der Waals surface area contributed by atoms with E-state index in [4.69, 9.17) is 4.74 Å². The van der Waals surface area contributed by atoms with Crippen LogP contribution in [-0.2, 0) is 14.8 Å². The second-order valence-corrected chi connectivity index (χ2v) is 9.21. The van der Waals surface area contributed by atoms with Crippen LogP contribution in [0.5, 0.6) is 5.75 Å². The number of anilines is 1. The van der Waals surface area contributed by atoms with Crippen LogP contribution in [0.3, 0.4) is 0 Å². The number of amides is 1. The lowest BCUT2D eigenvalue weighted by Crippen LogP contribution is -2.32. The van der Waals surface area contributed by atoms with Crippen molar-refractivity contribution in [2.45, 2.75) is 35.7 Å². The van der Waals surface area contributed by atoms with Gasteiger partial charge in [-0.2, -0.15) is 9.40 Å². The normalized spacial score (nSPS) is 15.8. The van der Waals surface area contributed by atoms with E-state index in [2.05, 4.69) is 20.5 Å². The predicted molar refractivity (Wildman–Crippen MR) is 106 cm³/mol. The molecule has 1 saturated heterocycles. The summed E-state index contributed by atoms with van der Waals surface area (Å²) in [5.74, 6) is 0.193. The molecular weight excluding hydrogens is 402 g/mol. The summed E-state index contributed by atoms with van der Waals surface area (Å²) in [4.78, 5) is 16.4. The van der Waals surface area contributed by atoms with Crippen LogP contribution >= 0.6 is 11.8 Å². The number of ether oxygens (including phenoxy) is 1. The molecule has 1 fully saturated rings. The summed E-state index contributed by atoms with van der Waals surface area (Å²) < 4.78 is 32.8. The van der Waals surface area contributed by atoms with Gasteiger partial charge in [-0.1, -0.05) is 24.6 Å². The average molecular weight is 426 g/mol. The number of carbonyl (C=O) groups is 1. The number of hydrogen-bond donors (Lipinski definition) is 2. The maximum Gasteiger partial charge on any atom is 0.243 e. The van der Waals surface area contributed by atoms with E-state index in [1.165, 1.54) is 41.6 Å². The van der Waals surface area contributed by atoms with Crippen molar-refractivity contribution in [3.8, 4) is 5.75 Å². The Hall–Kier alpha value is -2.11. The Balaban J connectivity index is 1.76. The number of nitrogens with zero attached hydrogens (tertiary/aromatic N) is 3. The van der Waals surface area contributed by atoms with Gasteiger partial charge in [-0.15, -0.1) is 0 Å². The van der Waals surface area contributed by atoms with Crippen LogP contribution < -0.4 is 10.1 Å². The summed E-state index contributed by atoms with van der Waals surface area (Å²) in [6.45, 7) is 1.04. The molecule has 152 valence electrons. The lowest BCUT2D eigenvalue weighted by atomic mass is 10.2. The molecule has 2 N–H and O–H groups in total. The molecule has 1 aromatic heterocycles. The molecular formula is C17H23N5O4S2. The van der Waals surface area contributed by atoms with E-state index in [-0.39, 0.29) is 16.6 Å². The third kappa shape index (κ3) is 5.03. The van der Waals surface area contributed by atoms with E-state index in [1.54, 1.807) is 6.07 Å². The molecule has 11 heteroatoms. The number of rotatable bonds is 7. The van der Waals surface area contributed by atoms with Crippen molar-refractivity contribution in [3.63, 3.8) is 0 Å². The van der Waals surface area contributed by atoms with Gasteiger partial charge in [0.15, 0.2) is 5.16 Å². The number of aromatic nitrogens is 3. The van der Waals surface area contributed by atoms with Gasteiger partial charge in [0.05, 0.1) is 23.4 Å². The lowest BCUT2D eigenvalue weighted by molar-refractivity contribution is -0.113. The second-order valence-electron chi connectivity index (χ2n) is 6.31. The zero-order chi connectivity index (χ0) is 20.0. The van der Waals surface area contributed by atoms with Crippen molar-refractivity contribution in [3.05, 3.63) is 24.5 Å². The maximum absolute atomic E-state index is 13.0. The molecule has 1 aliphatic heterocycles. The fraction of sp³-hybridized carbons (Fsp3) is 0.471. The average Bonchev–Trinajstić information content (AvgIpc) is 3.05. The molecule has 28 heavy (non-hydrogen) atoms. The number of aromatic amines is 1. The van der Waals surface area contributed by atoms with Gasteiger partial charge in [0, 0.05) is 13.1 Å². The van der Waals surface area contributed by atoms with E-state index in [0.717, 1.165) is 25.7 Å². The molecule has 2 heterocycles. The Bertz CT molecular complexity index is 894. The van der Waals surface area contributed by atoms with Crippen LogP contribution in [0, 0.1) is 0 Å². The minimum atomic E-state index is -3.62. The van der Waals surface area contributed by atoms with E-state index in [0.29, 0.717) is 29.7 Å². The van der Waals surface area contributed by atoms with Gasteiger partial charge in [-0.05, 0) is 31.0 Å². The third-order valence-corrected chi connectivity index (χ3v) is 7.15. The second kappa shape index (κ2) is 9.39. The Morgan fingerprint density at radius 2 is 2.04 bits per heavy atom. The fourth-order valence-electron chi connectivity index (χ4n) is 2.96. The molecule has 0 aliphatic carbocycles. The highest BCUT2D eigenvalue weighted by molar-refractivity contribution is 7.99. The Morgan fingerprint density at radius 3 is 2.68 bits per heavy atom.